The maximum atomic E-state index is 10.00. The Kier molecular flexibility index (Phi) is 3.00. The molecule has 0 aliphatic carbocycles. The van der Waals surface area contributed by atoms with Crippen molar-refractivity contribution in [2.45, 2.75) is 0 Å². The summed E-state index contributed by atoms with van der Waals surface area (Å²) < 4.78 is 37.8. The highest BCUT2D eigenvalue weighted by atomic mass is 32.2. The zero-order valence-corrected chi connectivity index (χ0v) is 6.55. The van der Waals surface area contributed by atoms with Gasteiger partial charge in [-0.3, -0.25) is 9.12 Å². The molecule has 0 unspecified atom stereocenters. The SMILES string of the molecule is O=P(O)(O)CCS(=O)(=O)O. The van der Waals surface area contributed by atoms with Crippen LogP contribution in [0.25, 0.3) is 0 Å². The Hall–Kier alpha value is 0.0600. The Balaban J connectivity index is 3.92. The van der Waals surface area contributed by atoms with Crippen LogP contribution in [0, 0.1) is 0 Å². The van der Waals surface area contributed by atoms with Gasteiger partial charge in [-0.05, 0) is 0 Å². The van der Waals surface area contributed by atoms with E-state index in [1.807, 2.05) is 0 Å². The van der Waals surface area contributed by atoms with E-state index in [0.29, 0.717) is 0 Å². The molecule has 3 N–H and O–H groups in total. The van der Waals surface area contributed by atoms with Crippen molar-refractivity contribution in [3.8, 4) is 0 Å². The average Bonchev–Trinajstić information content (AvgIpc) is 1.57. The summed E-state index contributed by atoms with van der Waals surface area (Å²) in [5.41, 5.74) is 0. The van der Waals surface area contributed by atoms with Crippen LogP contribution in [-0.2, 0) is 14.7 Å². The van der Waals surface area contributed by atoms with Crippen LogP contribution in [-0.4, -0.2) is 34.7 Å². The third-order valence-electron chi connectivity index (χ3n) is 0.641. The van der Waals surface area contributed by atoms with Crippen molar-refractivity contribution >= 4 is 17.7 Å². The predicted molar refractivity (Wildman–Crippen MR) is 33.3 cm³/mol. The lowest BCUT2D eigenvalue weighted by Crippen LogP contribution is -2.08. The summed E-state index contributed by atoms with van der Waals surface area (Å²) in [5.74, 6) is -0.905. The Labute approximate surface area is 57.8 Å². The molecular formula is C2H7O6PS. The average molecular weight is 190 g/mol. The Morgan fingerprint density at radius 1 is 1.30 bits per heavy atom. The van der Waals surface area contributed by atoms with Crippen molar-refractivity contribution in [1.82, 2.24) is 0 Å². The van der Waals surface area contributed by atoms with Gasteiger partial charge in [0.2, 0.25) is 0 Å². The molecule has 0 spiro atoms. The zero-order chi connectivity index (χ0) is 8.41. The zero-order valence-electron chi connectivity index (χ0n) is 4.84. The maximum Gasteiger partial charge on any atom is 0.326 e. The van der Waals surface area contributed by atoms with Crippen molar-refractivity contribution in [3.05, 3.63) is 0 Å². The van der Waals surface area contributed by atoms with Gasteiger partial charge in [0.15, 0.2) is 0 Å². The Bertz CT molecular complexity index is 234. The van der Waals surface area contributed by atoms with Gasteiger partial charge in [0.25, 0.3) is 10.1 Å². The van der Waals surface area contributed by atoms with E-state index in [1.54, 1.807) is 0 Å². The molecule has 62 valence electrons. The quantitative estimate of drug-likeness (QED) is 0.390. The molecule has 0 fully saturated rings. The highest BCUT2D eigenvalue weighted by Gasteiger charge is 2.17. The van der Waals surface area contributed by atoms with E-state index >= 15 is 0 Å². The van der Waals surface area contributed by atoms with Crippen LogP contribution in [0.2, 0.25) is 0 Å². The maximum absolute atomic E-state index is 10.00. The first-order valence-corrected chi connectivity index (χ1v) is 5.61. The van der Waals surface area contributed by atoms with Crippen LogP contribution in [0.5, 0.6) is 0 Å². The van der Waals surface area contributed by atoms with Crippen LogP contribution in [0.1, 0.15) is 0 Å². The van der Waals surface area contributed by atoms with E-state index in [1.165, 1.54) is 0 Å². The van der Waals surface area contributed by atoms with Crippen molar-refractivity contribution in [2.24, 2.45) is 0 Å². The third-order valence-corrected chi connectivity index (χ3v) is 2.47. The lowest BCUT2D eigenvalue weighted by Gasteiger charge is -1.99. The summed E-state index contributed by atoms with van der Waals surface area (Å²) in [5, 5.41) is 0. The summed E-state index contributed by atoms with van der Waals surface area (Å²) in [4.78, 5) is 16.2. The fraction of sp³-hybridized carbons (Fsp3) is 1.00. The smallest absolute Gasteiger partial charge is 0.324 e. The highest BCUT2D eigenvalue weighted by molar-refractivity contribution is 7.86. The summed E-state index contributed by atoms with van der Waals surface area (Å²) in [6.45, 7) is 0. The van der Waals surface area contributed by atoms with Gasteiger partial charge in [-0.2, -0.15) is 8.42 Å². The van der Waals surface area contributed by atoms with Gasteiger partial charge in [0, 0.05) is 0 Å². The first-order chi connectivity index (χ1) is 4.21. The molecule has 0 saturated heterocycles. The summed E-state index contributed by atoms with van der Waals surface area (Å²) in [6.07, 6.45) is -0.841. The van der Waals surface area contributed by atoms with E-state index < -0.39 is 29.6 Å². The molecule has 8 heteroatoms. The van der Waals surface area contributed by atoms with Gasteiger partial charge in [0.05, 0.1) is 11.9 Å². The molecule has 0 aromatic carbocycles. The first-order valence-electron chi connectivity index (χ1n) is 2.20. The minimum Gasteiger partial charge on any atom is -0.324 e. The van der Waals surface area contributed by atoms with Crippen molar-refractivity contribution in [2.75, 3.05) is 11.9 Å². The van der Waals surface area contributed by atoms with Crippen LogP contribution in [0.15, 0.2) is 0 Å². The molecule has 6 nitrogen and oxygen atoms in total. The fourth-order valence-electron chi connectivity index (χ4n) is 0.234. The van der Waals surface area contributed by atoms with E-state index in [9.17, 15) is 13.0 Å². The van der Waals surface area contributed by atoms with E-state index in [4.69, 9.17) is 14.3 Å². The van der Waals surface area contributed by atoms with E-state index in [0.717, 1.165) is 0 Å². The van der Waals surface area contributed by atoms with Gasteiger partial charge >= 0.3 is 7.60 Å². The summed E-state index contributed by atoms with van der Waals surface area (Å²) in [6, 6.07) is 0. The number of hydrogen-bond donors (Lipinski definition) is 3. The third kappa shape index (κ3) is 8.06. The van der Waals surface area contributed by atoms with Crippen molar-refractivity contribution in [3.63, 3.8) is 0 Å². The minimum atomic E-state index is -4.30. The Morgan fingerprint density at radius 2 is 1.70 bits per heavy atom. The van der Waals surface area contributed by atoms with Gasteiger partial charge in [0.1, 0.15) is 0 Å². The van der Waals surface area contributed by atoms with Crippen LogP contribution >= 0.6 is 7.60 Å². The first kappa shape index (κ1) is 10.1. The molecule has 0 aliphatic heterocycles. The predicted octanol–water partition coefficient (Wildman–Crippen LogP) is -0.948. The molecule has 0 bridgehead atoms. The largest absolute Gasteiger partial charge is 0.326 e. The van der Waals surface area contributed by atoms with Gasteiger partial charge in [-0.15, -0.1) is 0 Å². The molecule has 0 rings (SSSR count). The lowest BCUT2D eigenvalue weighted by molar-refractivity contribution is 0.373. The number of rotatable bonds is 3. The van der Waals surface area contributed by atoms with Gasteiger partial charge < -0.3 is 9.79 Å². The standard InChI is InChI=1S/C2H7O6PS/c3-9(4,5)1-2-10(6,7)8/h1-2H2,(H2,3,4,5)(H,6,7,8). The Morgan fingerprint density at radius 3 is 1.80 bits per heavy atom. The number of hydrogen-bond acceptors (Lipinski definition) is 3. The molecule has 0 atom stereocenters. The van der Waals surface area contributed by atoms with E-state index in [-0.39, 0.29) is 0 Å². The monoisotopic (exact) mass is 190 g/mol. The molecule has 0 heterocycles. The van der Waals surface area contributed by atoms with E-state index in [2.05, 4.69) is 0 Å². The fourth-order valence-corrected chi connectivity index (χ4v) is 2.11. The molecule has 0 aliphatic rings. The summed E-state index contributed by atoms with van der Waals surface area (Å²) >= 11 is 0. The molecule has 0 amide bonds. The molecule has 0 aromatic heterocycles. The second-order valence-corrected chi connectivity index (χ2v) is 5.02. The second-order valence-electron chi connectivity index (χ2n) is 1.67. The van der Waals surface area contributed by atoms with Gasteiger partial charge in [-0.25, -0.2) is 0 Å². The second kappa shape index (κ2) is 2.98. The topological polar surface area (TPSA) is 112 Å². The molecule has 0 radical (unpaired) electrons. The normalized spacial score (nSPS) is 13.5. The lowest BCUT2D eigenvalue weighted by atomic mass is 11.0. The van der Waals surface area contributed by atoms with Crippen LogP contribution in [0.4, 0.5) is 0 Å². The molecule has 0 saturated carbocycles. The van der Waals surface area contributed by atoms with Crippen molar-refractivity contribution in [1.29, 1.82) is 0 Å². The highest BCUT2D eigenvalue weighted by Crippen LogP contribution is 2.33. The van der Waals surface area contributed by atoms with Crippen molar-refractivity contribution < 1.29 is 27.3 Å². The minimum absolute atomic E-state index is 0.841. The van der Waals surface area contributed by atoms with Crippen LogP contribution in [0.3, 0.4) is 0 Å². The molecular weight excluding hydrogens is 183 g/mol. The molecule has 10 heavy (non-hydrogen) atoms. The van der Waals surface area contributed by atoms with Crippen LogP contribution < -0.4 is 0 Å². The summed E-state index contributed by atoms with van der Waals surface area (Å²) in [7, 11) is -8.55. The molecule has 0 aromatic rings. The van der Waals surface area contributed by atoms with Gasteiger partial charge in [-0.1, -0.05) is 0 Å².